The van der Waals surface area contributed by atoms with Crippen LogP contribution in [0, 0.1) is 5.82 Å². The maximum Gasteiger partial charge on any atom is 0.197 e. The minimum Gasteiger partial charge on any atom is -0.314 e. The van der Waals surface area contributed by atoms with Gasteiger partial charge in [-0.2, -0.15) is 0 Å². The number of hydrogen-bond donors (Lipinski definition) is 0. The molecule has 0 saturated carbocycles. The van der Waals surface area contributed by atoms with Gasteiger partial charge < -0.3 is 4.90 Å². The molecule has 0 atom stereocenters. The molecule has 6 aromatic rings. The van der Waals surface area contributed by atoms with Crippen LogP contribution in [0.3, 0.4) is 0 Å². The molecule has 0 radical (unpaired) electrons. The van der Waals surface area contributed by atoms with Crippen LogP contribution in [0.15, 0.2) is 162 Å². The molecule has 2 aliphatic rings. The fourth-order valence-electron chi connectivity index (χ4n) is 6.90. The lowest BCUT2D eigenvalue weighted by Gasteiger charge is -2.29. The van der Waals surface area contributed by atoms with Gasteiger partial charge in [-0.3, -0.25) is 9.59 Å². The SMILES string of the molecule is CC/C(=C\C=C1\C=CC=CC1)N(c1ccc2cc(C=C3C(=O)c4cc5ccccc5cc4C3=O)ccc2c1)c1cccc2c(F)cccc12. The lowest BCUT2D eigenvalue weighted by molar-refractivity contribution is 0.0990. The van der Waals surface area contributed by atoms with E-state index < -0.39 is 0 Å². The molecule has 2 aliphatic carbocycles. The standard InChI is InChI=1S/C45H32FNO2/c1-2-35(22-19-29-10-4-3-5-11-29)47(43-17-9-14-37-38(43)15-8-16-42(37)46)36-23-21-33-24-30(18-20-34(33)26-36)25-41-44(48)39-27-31-12-6-7-13-32(31)28-40(39)45(41)49/h3-10,12-28H,2,11H2,1H3/b29-19-,35-22+. The predicted octanol–water partition coefficient (Wildman–Crippen LogP) is 11.6. The summed E-state index contributed by atoms with van der Waals surface area (Å²) < 4.78 is 15.0. The van der Waals surface area contributed by atoms with Gasteiger partial charge in [-0.15, -0.1) is 0 Å². The number of halogens is 1. The van der Waals surface area contributed by atoms with E-state index >= 15 is 0 Å². The largest absolute Gasteiger partial charge is 0.314 e. The summed E-state index contributed by atoms with van der Waals surface area (Å²) in [5.41, 5.74) is 6.02. The Hall–Kier alpha value is -6.13. The number of ketones is 2. The molecule has 0 fully saturated rings. The van der Waals surface area contributed by atoms with Crippen LogP contribution in [0.4, 0.5) is 15.8 Å². The summed E-state index contributed by atoms with van der Waals surface area (Å²) in [6.45, 7) is 2.13. The van der Waals surface area contributed by atoms with E-state index in [1.165, 1.54) is 11.6 Å². The van der Waals surface area contributed by atoms with Crippen molar-refractivity contribution in [2.75, 3.05) is 4.90 Å². The number of carbonyl (C=O) groups excluding carboxylic acids is 2. The van der Waals surface area contributed by atoms with E-state index in [2.05, 4.69) is 60.4 Å². The summed E-state index contributed by atoms with van der Waals surface area (Å²) in [5.74, 6) is -0.729. The molecule has 4 heteroatoms. The van der Waals surface area contributed by atoms with Crippen molar-refractivity contribution in [3.8, 4) is 0 Å². The van der Waals surface area contributed by atoms with Crippen molar-refractivity contribution in [1.29, 1.82) is 0 Å². The fourth-order valence-corrected chi connectivity index (χ4v) is 6.90. The third kappa shape index (κ3) is 5.51. The molecule has 0 bridgehead atoms. The molecule has 236 valence electrons. The van der Waals surface area contributed by atoms with Crippen LogP contribution >= 0.6 is 0 Å². The van der Waals surface area contributed by atoms with Crippen molar-refractivity contribution >= 4 is 61.3 Å². The first-order valence-corrected chi connectivity index (χ1v) is 16.6. The second-order valence-corrected chi connectivity index (χ2v) is 12.4. The molecule has 0 N–H and O–H groups in total. The first kappa shape index (κ1) is 30.2. The Kier molecular flexibility index (Phi) is 7.69. The van der Waals surface area contributed by atoms with E-state index in [4.69, 9.17) is 0 Å². The Labute approximate surface area is 284 Å². The van der Waals surface area contributed by atoms with Crippen LogP contribution in [-0.2, 0) is 0 Å². The zero-order chi connectivity index (χ0) is 33.5. The molecule has 0 aliphatic heterocycles. The first-order valence-electron chi connectivity index (χ1n) is 16.6. The molecule has 0 unspecified atom stereocenters. The number of hydrogen-bond acceptors (Lipinski definition) is 3. The molecule has 0 heterocycles. The van der Waals surface area contributed by atoms with Gasteiger partial charge in [0.25, 0.3) is 0 Å². The number of allylic oxidation sites excluding steroid dienone is 9. The lowest BCUT2D eigenvalue weighted by atomic mass is 10.0. The number of nitrogens with zero attached hydrogens (tertiary/aromatic N) is 1. The summed E-state index contributed by atoms with van der Waals surface area (Å²) in [7, 11) is 0. The lowest BCUT2D eigenvalue weighted by Crippen LogP contribution is -2.16. The first-order chi connectivity index (χ1) is 24.0. The minimum absolute atomic E-state index is 0.186. The van der Waals surface area contributed by atoms with Gasteiger partial charge in [0.2, 0.25) is 0 Å². The van der Waals surface area contributed by atoms with Crippen LogP contribution < -0.4 is 4.90 Å². The van der Waals surface area contributed by atoms with Crippen LogP contribution in [0.1, 0.15) is 46.0 Å². The normalized spacial score (nSPS) is 15.2. The fraction of sp³-hybridized carbons (Fsp3) is 0.0667. The summed E-state index contributed by atoms with van der Waals surface area (Å²) >= 11 is 0. The van der Waals surface area contributed by atoms with Crippen LogP contribution in [0.5, 0.6) is 0 Å². The number of carbonyl (C=O) groups is 2. The number of anilines is 2. The number of Topliss-reactive ketones (excluding diaryl/α,β-unsaturated/α-hetero) is 2. The van der Waals surface area contributed by atoms with E-state index in [9.17, 15) is 14.0 Å². The number of rotatable bonds is 6. The Bertz CT molecular complexity index is 2460. The Morgan fingerprint density at radius 3 is 2.16 bits per heavy atom. The Balaban J connectivity index is 1.20. The molecule has 0 aromatic heterocycles. The second kappa shape index (κ2) is 12.5. The van der Waals surface area contributed by atoms with Crippen molar-refractivity contribution in [2.45, 2.75) is 19.8 Å². The van der Waals surface area contributed by atoms with Crippen molar-refractivity contribution in [3.05, 3.63) is 185 Å². The summed E-state index contributed by atoms with van der Waals surface area (Å²) in [4.78, 5) is 29.0. The highest BCUT2D eigenvalue weighted by Gasteiger charge is 2.33. The van der Waals surface area contributed by atoms with Crippen molar-refractivity contribution in [1.82, 2.24) is 0 Å². The van der Waals surface area contributed by atoms with Crippen LogP contribution in [0.25, 0.3) is 38.4 Å². The quantitative estimate of drug-likeness (QED) is 0.135. The molecule has 3 nitrogen and oxygen atoms in total. The molecule has 49 heavy (non-hydrogen) atoms. The predicted molar refractivity (Wildman–Crippen MR) is 200 cm³/mol. The third-order valence-corrected chi connectivity index (χ3v) is 9.42. The Morgan fingerprint density at radius 2 is 1.43 bits per heavy atom. The maximum atomic E-state index is 15.0. The van der Waals surface area contributed by atoms with Gasteiger partial charge in [0.05, 0.1) is 11.3 Å². The van der Waals surface area contributed by atoms with Gasteiger partial charge in [-0.05, 0) is 100 Å². The summed E-state index contributed by atoms with van der Waals surface area (Å²) in [6, 6.07) is 34.6. The molecule has 0 amide bonds. The van der Waals surface area contributed by atoms with E-state index in [1.807, 2.05) is 84.9 Å². The van der Waals surface area contributed by atoms with Gasteiger partial charge in [0.1, 0.15) is 5.82 Å². The molecule has 0 saturated heterocycles. The topological polar surface area (TPSA) is 37.4 Å². The van der Waals surface area contributed by atoms with Crippen LogP contribution in [0.2, 0.25) is 0 Å². The third-order valence-electron chi connectivity index (χ3n) is 9.42. The zero-order valence-corrected chi connectivity index (χ0v) is 27.0. The number of fused-ring (bicyclic) bond motifs is 4. The van der Waals surface area contributed by atoms with E-state index in [1.54, 1.807) is 12.1 Å². The molecule has 6 aromatic carbocycles. The van der Waals surface area contributed by atoms with Crippen LogP contribution in [-0.4, -0.2) is 11.6 Å². The number of benzene rings is 6. The van der Waals surface area contributed by atoms with Crippen molar-refractivity contribution in [3.63, 3.8) is 0 Å². The van der Waals surface area contributed by atoms with Gasteiger partial charge in [-0.25, -0.2) is 4.39 Å². The maximum absolute atomic E-state index is 15.0. The van der Waals surface area contributed by atoms with Gasteiger partial charge >= 0.3 is 0 Å². The summed E-state index contributed by atoms with van der Waals surface area (Å²) in [5, 5.41) is 5.26. The molecule has 8 rings (SSSR count). The van der Waals surface area contributed by atoms with Gasteiger partial charge in [-0.1, -0.05) is 104 Å². The Morgan fingerprint density at radius 1 is 0.735 bits per heavy atom. The average Bonchev–Trinajstić information content (AvgIpc) is 3.36. The second-order valence-electron chi connectivity index (χ2n) is 12.4. The highest BCUT2D eigenvalue weighted by molar-refractivity contribution is 6.42. The van der Waals surface area contributed by atoms with Gasteiger partial charge in [0.15, 0.2) is 11.6 Å². The van der Waals surface area contributed by atoms with Gasteiger partial charge in [0, 0.05) is 33.3 Å². The van der Waals surface area contributed by atoms with Crippen molar-refractivity contribution < 1.29 is 14.0 Å². The molecule has 0 spiro atoms. The van der Waals surface area contributed by atoms with E-state index in [0.717, 1.165) is 62.4 Å². The average molecular weight is 638 g/mol. The zero-order valence-electron chi connectivity index (χ0n) is 27.0. The molecular weight excluding hydrogens is 605 g/mol. The molecular formula is C45H32FNO2. The highest BCUT2D eigenvalue weighted by Crippen LogP contribution is 2.39. The summed E-state index contributed by atoms with van der Waals surface area (Å²) in [6.07, 6.45) is 16.0. The van der Waals surface area contributed by atoms with E-state index in [0.29, 0.717) is 16.5 Å². The smallest absolute Gasteiger partial charge is 0.197 e. The monoisotopic (exact) mass is 637 g/mol. The van der Waals surface area contributed by atoms with Crippen molar-refractivity contribution in [2.24, 2.45) is 0 Å². The highest BCUT2D eigenvalue weighted by atomic mass is 19.1. The minimum atomic E-state index is -0.252. The van der Waals surface area contributed by atoms with E-state index in [-0.39, 0.29) is 23.0 Å².